The number of nitrogens with zero attached hydrogens (tertiary/aromatic N) is 3. The Labute approximate surface area is 276 Å². The highest BCUT2D eigenvalue weighted by atomic mass is 32.2. The number of rotatable bonds is 16. The summed E-state index contributed by atoms with van der Waals surface area (Å²) in [6.45, 7) is 8.93. The lowest BCUT2D eigenvalue weighted by Gasteiger charge is -2.33. The van der Waals surface area contributed by atoms with E-state index in [1.807, 2.05) is 31.9 Å². The molecule has 13 nitrogen and oxygen atoms in total. The fourth-order valence-corrected chi connectivity index (χ4v) is 6.81. The van der Waals surface area contributed by atoms with Gasteiger partial charge in [-0.05, 0) is 57.1 Å². The number of hydrogen-bond acceptors (Lipinski definition) is 11. The Morgan fingerprint density at radius 3 is 2.43 bits per heavy atom. The molecule has 2 heterocycles. The minimum Gasteiger partial charge on any atom is -0.493 e. The SMILES string of the molecule is CCCOc1ccc(S(=O)(=O)N2CCN(CCOC(=O)Oc3ccccc3)CC2)cc1-c1nc(=O)c(NCC)c(C(CCC)NC)[nH]1. The molecule has 3 aromatic rings. The largest absolute Gasteiger partial charge is 0.513 e. The van der Waals surface area contributed by atoms with Crippen LogP contribution in [0.2, 0.25) is 0 Å². The third kappa shape index (κ3) is 9.31. The zero-order chi connectivity index (χ0) is 33.8. The predicted molar refractivity (Wildman–Crippen MR) is 181 cm³/mol. The molecule has 1 unspecified atom stereocenters. The van der Waals surface area contributed by atoms with Gasteiger partial charge in [-0.1, -0.05) is 38.5 Å². The van der Waals surface area contributed by atoms with Crippen LogP contribution in [0.4, 0.5) is 10.5 Å². The van der Waals surface area contributed by atoms with Crippen LogP contribution in [-0.4, -0.2) is 93.3 Å². The van der Waals surface area contributed by atoms with Gasteiger partial charge in [-0.2, -0.15) is 9.29 Å². The summed E-state index contributed by atoms with van der Waals surface area (Å²) in [5.74, 6) is 1.07. The van der Waals surface area contributed by atoms with Crippen LogP contribution in [0.5, 0.6) is 11.5 Å². The van der Waals surface area contributed by atoms with Crippen LogP contribution in [0, 0.1) is 0 Å². The molecule has 0 spiro atoms. The van der Waals surface area contributed by atoms with E-state index >= 15 is 0 Å². The maximum Gasteiger partial charge on any atom is 0.513 e. The Kier molecular flexibility index (Phi) is 13.2. The maximum absolute atomic E-state index is 13.9. The second-order valence-electron chi connectivity index (χ2n) is 11.1. The number of H-pyrrole nitrogens is 1. The molecule has 0 bridgehead atoms. The molecule has 1 aromatic heterocycles. The third-order valence-electron chi connectivity index (χ3n) is 7.79. The lowest BCUT2D eigenvalue weighted by atomic mass is 10.1. The molecule has 1 aliphatic heterocycles. The first-order chi connectivity index (χ1) is 22.7. The van der Waals surface area contributed by atoms with Gasteiger partial charge in [0, 0.05) is 45.3 Å². The van der Waals surface area contributed by atoms with Crippen LogP contribution >= 0.6 is 0 Å². The second kappa shape index (κ2) is 17.3. The molecule has 0 aliphatic carbocycles. The second-order valence-corrected chi connectivity index (χ2v) is 13.0. The van der Waals surface area contributed by atoms with Crippen molar-refractivity contribution in [2.45, 2.75) is 51.0 Å². The molecule has 0 saturated carbocycles. The minimum absolute atomic E-state index is 0.0791. The number of carbonyl (C=O) groups is 1. The van der Waals surface area contributed by atoms with Gasteiger partial charge in [0.1, 0.15) is 29.6 Å². The van der Waals surface area contributed by atoms with Crippen molar-refractivity contribution < 1.29 is 27.4 Å². The number of anilines is 1. The van der Waals surface area contributed by atoms with Crippen molar-refractivity contribution in [1.29, 1.82) is 0 Å². The fourth-order valence-electron chi connectivity index (χ4n) is 5.36. The number of sulfonamides is 1. The summed E-state index contributed by atoms with van der Waals surface area (Å²) in [5.41, 5.74) is 1.01. The van der Waals surface area contributed by atoms with Crippen LogP contribution in [0.15, 0.2) is 58.2 Å². The van der Waals surface area contributed by atoms with E-state index in [0.717, 1.165) is 19.3 Å². The van der Waals surface area contributed by atoms with Crippen molar-refractivity contribution in [1.82, 2.24) is 24.5 Å². The number of para-hydroxylation sites is 1. The summed E-state index contributed by atoms with van der Waals surface area (Å²) < 4.78 is 45.5. The number of aromatic amines is 1. The molecule has 2 aromatic carbocycles. The van der Waals surface area contributed by atoms with Crippen LogP contribution in [0.1, 0.15) is 51.8 Å². The van der Waals surface area contributed by atoms with Crippen molar-refractivity contribution in [3.05, 3.63) is 64.6 Å². The van der Waals surface area contributed by atoms with E-state index in [1.165, 1.54) is 16.4 Å². The zero-order valence-electron chi connectivity index (χ0n) is 27.6. The van der Waals surface area contributed by atoms with Gasteiger partial charge in [0.2, 0.25) is 10.0 Å². The number of ether oxygens (including phenoxy) is 3. The first kappa shape index (κ1) is 35.9. The van der Waals surface area contributed by atoms with Gasteiger partial charge in [0.05, 0.1) is 22.8 Å². The van der Waals surface area contributed by atoms with Gasteiger partial charge < -0.3 is 29.8 Å². The molecular formula is C33H46N6O7S. The number of carbonyl (C=O) groups excluding carboxylic acids is 1. The molecular weight excluding hydrogens is 624 g/mol. The quantitative estimate of drug-likeness (QED) is 0.148. The number of hydrogen-bond donors (Lipinski definition) is 3. The molecule has 3 N–H and O–H groups in total. The zero-order valence-corrected chi connectivity index (χ0v) is 28.4. The highest BCUT2D eigenvalue weighted by Gasteiger charge is 2.30. The summed E-state index contributed by atoms with van der Waals surface area (Å²) in [7, 11) is -2.05. The number of nitrogens with one attached hydrogen (secondary N) is 3. The first-order valence-electron chi connectivity index (χ1n) is 16.2. The van der Waals surface area contributed by atoms with E-state index in [-0.39, 0.29) is 36.5 Å². The molecule has 47 heavy (non-hydrogen) atoms. The van der Waals surface area contributed by atoms with Crippen LogP contribution < -0.4 is 25.7 Å². The van der Waals surface area contributed by atoms with E-state index in [2.05, 4.69) is 27.5 Å². The van der Waals surface area contributed by atoms with Crippen LogP contribution in [-0.2, 0) is 14.8 Å². The fraction of sp³-hybridized carbons (Fsp3) is 0.485. The lowest BCUT2D eigenvalue weighted by molar-refractivity contribution is 0.0809. The van der Waals surface area contributed by atoms with Crippen molar-refractivity contribution in [3.8, 4) is 22.9 Å². The van der Waals surface area contributed by atoms with E-state index in [4.69, 9.17) is 14.2 Å². The molecule has 1 saturated heterocycles. The molecule has 0 amide bonds. The molecule has 0 radical (unpaired) electrons. The molecule has 14 heteroatoms. The van der Waals surface area contributed by atoms with Gasteiger partial charge in [0.25, 0.3) is 5.56 Å². The summed E-state index contributed by atoms with van der Waals surface area (Å²) in [5, 5.41) is 6.42. The first-order valence-corrected chi connectivity index (χ1v) is 17.6. The predicted octanol–water partition coefficient (Wildman–Crippen LogP) is 4.24. The molecule has 1 atom stereocenters. The maximum atomic E-state index is 13.9. The molecule has 4 rings (SSSR count). The Balaban J connectivity index is 1.51. The van der Waals surface area contributed by atoms with Crippen molar-refractivity contribution >= 4 is 21.9 Å². The van der Waals surface area contributed by atoms with Crippen LogP contribution in [0.25, 0.3) is 11.4 Å². The van der Waals surface area contributed by atoms with Gasteiger partial charge >= 0.3 is 6.16 Å². The van der Waals surface area contributed by atoms with Crippen LogP contribution in [0.3, 0.4) is 0 Å². The van der Waals surface area contributed by atoms with Crippen molar-refractivity contribution in [3.63, 3.8) is 0 Å². The number of piperazine rings is 1. The molecule has 256 valence electrons. The third-order valence-corrected chi connectivity index (χ3v) is 9.68. The summed E-state index contributed by atoms with van der Waals surface area (Å²) in [6, 6.07) is 13.2. The van der Waals surface area contributed by atoms with E-state index < -0.39 is 21.7 Å². The summed E-state index contributed by atoms with van der Waals surface area (Å²) in [6.07, 6.45) is 1.62. The van der Waals surface area contributed by atoms with E-state index in [0.29, 0.717) is 61.2 Å². The average Bonchev–Trinajstić information content (AvgIpc) is 3.07. The number of aromatic nitrogens is 2. The highest BCUT2D eigenvalue weighted by Crippen LogP contribution is 2.33. The standard InChI is InChI=1S/C33H46N6O7S/c1-5-11-27(34-4)29-30(35-7-3)32(40)37-31(36-29)26-23-25(14-15-28(26)44-21-6-2)47(42,43)39-18-16-38(17-19-39)20-22-45-33(41)46-24-12-9-8-10-13-24/h8-10,12-15,23,27,34-35H,5-7,11,16-22H2,1-4H3,(H,36,37,40). The normalized spacial score (nSPS) is 14.8. The Morgan fingerprint density at radius 1 is 1.02 bits per heavy atom. The Bertz CT molecular complexity index is 1630. The topological polar surface area (TPSA) is 155 Å². The smallest absolute Gasteiger partial charge is 0.493 e. The monoisotopic (exact) mass is 670 g/mol. The highest BCUT2D eigenvalue weighted by molar-refractivity contribution is 7.89. The molecule has 1 aliphatic rings. The minimum atomic E-state index is -3.89. The lowest BCUT2D eigenvalue weighted by Crippen LogP contribution is -2.49. The van der Waals surface area contributed by atoms with Gasteiger partial charge in [-0.3, -0.25) is 9.69 Å². The average molecular weight is 671 g/mol. The Hall–Kier alpha value is -3.98. The summed E-state index contributed by atoms with van der Waals surface area (Å²) >= 11 is 0. The van der Waals surface area contributed by atoms with Gasteiger partial charge in [-0.15, -0.1) is 0 Å². The van der Waals surface area contributed by atoms with Crippen molar-refractivity contribution in [2.24, 2.45) is 0 Å². The van der Waals surface area contributed by atoms with E-state index in [1.54, 1.807) is 30.3 Å². The van der Waals surface area contributed by atoms with Crippen molar-refractivity contribution in [2.75, 3.05) is 64.8 Å². The number of benzene rings is 2. The molecule has 1 fully saturated rings. The van der Waals surface area contributed by atoms with Gasteiger partial charge in [0.15, 0.2) is 0 Å². The summed E-state index contributed by atoms with van der Waals surface area (Å²) in [4.78, 5) is 35.1. The Morgan fingerprint density at radius 2 is 1.77 bits per heavy atom. The van der Waals surface area contributed by atoms with Gasteiger partial charge in [-0.25, -0.2) is 13.2 Å². The van der Waals surface area contributed by atoms with E-state index in [9.17, 15) is 18.0 Å².